The Bertz CT molecular complexity index is 1140. The topological polar surface area (TPSA) is 141 Å². The first-order valence-corrected chi connectivity index (χ1v) is 13.6. The van der Waals surface area contributed by atoms with Gasteiger partial charge < -0.3 is 30.8 Å². The Balaban J connectivity index is 1.70. The van der Waals surface area contributed by atoms with Crippen molar-refractivity contribution < 1.29 is 24.3 Å². The number of aryl methyl sites for hydroxylation is 1. The molecule has 0 unspecified atom stereocenters. The minimum atomic E-state index is -0.945. The normalized spacial score (nSPS) is 18.9. The number of carbonyl (C=O) groups excluding carboxylic acids is 4. The average Bonchev–Trinajstić information content (AvgIpc) is 3.47. The van der Waals surface area contributed by atoms with E-state index in [0.29, 0.717) is 6.29 Å². The highest BCUT2D eigenvalue weighted by Gasteiger charge is 2.44. The predicted molar refractivity (Wildman–Crippen MR) is 145 cm³/mol. The summed E-state index contributed by atoms with van der Waals surface area (Å²) in [6.45, 7) is 9.40. The number of aldehydes is 1. The molecular weight excluding hydrogens is 506 g/mol. The van der Waals surface area contributed by atoms with Crippen molar-refractivity contribution in [2.45, 2.75) is 71.7 Å². The number of carbonyl (C=O) groups is 4. The number of hydrogen-bond donors (Lipinski definition) is 4. The van der Waals surface area contributed by atoms with Gasteiger partial charge in [-0.2, -0.15) is 0 Å². The van der Waals surface area contributed by atoms with Gasteiger partial charge in [0.2, 0.25) is 11.8 Å². The molecule has 4 atom stereocenters. The maximum atomic E-state index is 13.6. The van der Waals surface area contributed by atoms with Crippen molar-refractivity contribution in [1.29, 1.82) is 0 Å². The summed E-state index contributed by atoms with van der Waals surface area (Å²) < 4.78 is 0. The van der Waals surface area contributed by atoms with E-state index in [4.69, 9.17) is 0 Å². The van der Waals surface area contributed by atoms with Crippen LogP contribution in [0.5, 0.6) is 0 Å². The Morgan fingerprint density at radius 2 is 1.89 bits per heavy atom. The predicted octanol–water partition coefficient (Wildman–Crippen LogP) is 2.56. The summed E-state index contributed by atoms with van der Waals surface area (Å²) in [6, 6.07) is 5.17. The number of thiazole rings is 1. The van der Waals surface area contributed by atoms with Gasteiger partial charge in [0.25, 0.3) is 0 Å². The van der Waals surface area contributed by atoms with Gasteiger partial charge in [-0.15, -0.1) is 11.3 Å². The van der Waals surface area contributed by atoms with E-state index in [-0.39, 0.29) is 37.9 Å². The van der Waals surface area contributed by atoms with Crippen LogP contribution >= 0.6 is 11.3 Å². The zero-order valence-corrected chi connectivity index (χ0v) is 23.3. The maximum absolute atomic E-state index is 13.6. The summed E-state index contributed by atoms with van der Waals surface area (Å²) in [4.78, 5) is 56.5. The largest absolute Gasteiger partial charge is 0.391 e. The van der Waals surface area contributed by atoms with E-state index in [1.54, 1.807) is 11.3 Å². The van der Waals surface area contributed by atoms with Gasteiger partial charge >= 0.3 is 6.03 Å². The third-order valence-corrected chi connectivity index (χ3v) is 7.56. The van der Waals surface area contributed by atoms with Gasteiger partial charge in [0.05, 0.1) is 28.2 Å². The molecule has 0 saturated carbocycles. The Morgan fingerprint density at radius 1 is 1.21 bits per heavy atom. The quantitative estimate of drug-likeness (QED) is 0.283. The summed E-state index contributed by atoms with van der Waals surface area (Å²) in [5.74, 6) is -0.815. The summed E-state index contributed by atoms with van der Waals surface area (Å²) in [5, 5.41) is 18.6. The van der Waals surface area contributed by atoms with Crippen molar-refractivity contribution >= 4 is 35.5 Å². The molecule has 0 aliphatic carbocycles. The van der Waals surface area contributed by atoms with Crippen LogP contribution in [-0.2, 0) is 14.4 Å². The van der Waals surface area contributed by atoms with Crippen molar-refractivity contribution in [2.24, 2.45) is 5.41 Å². The molecule has 1 aliphatic heterocycles. The van der Waals surface area contributed by atoms with Gasteiger partial charge in [-0.25, -0.2) is 9.78 Å². The minimum Gasteiger partial charge on any atom is -0.391 e. The van der Waals surface area contributed by atoms with Gasteiger partial charge in [0.1, 0.15) is 18.4 Å². The van der Waals surface area contributed by atoms with E-state index < -0.39 is 35.5 Å². The number of nitrogens with zero attached hydrogens (tertiary/aromatic N) is 2. The number of hydrogen-bond acceptors (Lipinski definition) is 7. The molecule has 4 amide bonds. The Morgan fingerprint density at radius 3 is 2.47 bits per heavy atom. The monoisotopic (exact) mass is 543 g/mol. The fourth-order valence-electron chi connectivity index (χ4n) is 4.44. The number of rotatable bonds is 9. The van der Waals surface area contributed by atoms with Crippen molar-refractivity contribution in [1.82, 2.24) is 25.8 Å². The number of β-amino-alcohol motifs (C(OH)–C–C–N with tert-alkyl or cyclic N) is 1. The van der Waals surface area contributed by atoms with Crippen molar-refractivity contribution in [3.63, 3.8) is 0 Å². The zero-order valence-electron chi connectivity index (χ0n) is 22.5. The molecule has 1 aromatic heterocycles. The molecule has 0 spiro atoms. The van der Waals surface area contributed by atoms with E-state index in [9.17, 15) is 24.3 Å². The van der Waals surface area contributed by atoms with Crippen LogP contribution in [0.3, 0.4) is 0 Å². The third-order valence-electron chi connectivity index (χ3n) is 6.58. The van der Waals surface area contributed by atoms with Gasteiger partial charge in [-0.05, 0) is 30.4 Å². The van der Waals surface area contributed by atoms with Crippen molar-refractivity contribution in [3.05, 3.63) is 41.0 Å². The lowest BCUT2D eigenvalue weighted by Gasteiger charge is -2.35. The van der Waals surface area contributed by atoms with E-state index in [1.807, 2.05) is 64.4 Å². The molecule has 1 saturated heterocycles. The molecule has 2 aromatic rings. The Labute approximate surface area is 227 Å². The molecule has 206 valence electrons. The molecule has 2 heterocycles. The van der Waals surface area contributed by atoms with Gasteiger partial charge in [-0.3, -0.25) is 9.59 Å². The SMILES string of the molecule is Cc1ncsc1-c1ccc([C@H](C)NC(=O)[C@@H]2C[C@@H](O)CN2C(=O)[C@@H](NC(=O)NCCC=O)C(C)(C)C)cc1. The fraction of sp³-hybridized carbons (Fsp3) is 0.519. The van der Waals surface area contributed by atoms with E-state index in [2.05, 4.69) is 20.9 Å². The number of likely N-dealkylation sites (tertiary alicyclic amines) is 1. The summed E-state index contributed by atoms with van der Waals surface area (Å²) in [6.07, 6.45) is 0.109. The van der Waals surface area contributed by atoms with Crippen LogP contribution in [-0.4, -0.2) is 70.4 Å². The lowest BCUT2D eigenvalue weighted by molar-refractivity contribution is -0.142. The van der Waals surface area contributed by atoms with Crippen LogP contribution in [0.2, 0.25) is 0 Å². The lowest BCUT2D eigenvalue weighted by atomic mass is 9.85. The first kappa shape index (κ1) is 29.2. The second kappa shape index (κ2) is 12.5. The number of urea groups is 1. The number of aliphatic hydroxyl groups is 1. The van der Waals surface area contributed by atoms with Crippen LogP contribution in [0.4, 0.5) is 4.79 Å². The smallest absolute Gasteiger partial charge is 0.315 e. The van der Waals surface area contributed by atoms with Crippen LogP contribution in [0.1, 0.15) is 57.8 Å². The third kappa shape index (κ3) is 7.16. The van der Waals surface area contributed by atoms with Crippen molar-refractivity contribution in [3.8, 4) is 10.4 Å². The first-order chi connectivity index (χ1) is 17.9. The molecular formula is C27H37N5O5S. The molecule has 1 fully saturated rings. The lowest BCUT2D eigenvalue weighted by Crippen LogP contribution is -2.59. The van der Waals surface area contributed by atoms with Crippen molar-refractivity contribution in [2.75, 3.05) is 13.1 Å². The molecule has 4 N–H and O–H groups in total. The van der Waals surface area contributed by atoms with Gasteiger partial charge in [-0.1, -0.05) is 45.0 Å². The highest BCUT2D eigenvalue weighted by molar-refractivity contribution is 7.13. The number of benzene rings is 1. The number of aromatic nitrogens is 1. The Kier molecular flexibility index (Phi) is 9.61. The molecule has 0 radical (unpaired) electrons. The van der Waals surface area contributed by atoms with Gasteiger partial charge in [0, 0.05) is 25.9 Å². The van der Waals surface area contributed by atoms with Crippen LogP contribution in [0.15, 0.2) is 29.8 Å². The van der Waals surface area contributed by atoms with E-state index >= 15 is 0 Å². The second-order valence-corrected chi connectivity index (χ2v) is 11.5. The molecule has 1 aliphatic rings. The molecule has 1 aromatic carbocycles. The van der Waals surface area contributed by atoms with Gasteiger partial charge in [0.15, 0.2) is 0 Å². The standard InChI is InChI=1S/C27H37N5O5S/c1-16(18-7-9-19(10-8-18)22-17(2)29-15-38-22)30-24(35)21-13-20(34)14-32(21)25(36)23(27(3,4)5)31-26(37)28-11-6-12-33/h7-10,12,15-16,20-21,23,34H,6,11,13-14H2,1-5H3,(H,30,35)(H2,28,31,37)/t16-,20+,21-,23+/m0/s1. The average molecular weight is 544 g/mol. The number of aliphatic hydroxyl groups excluding tert-OH is 1. The number of nitrogens with one attached hydrogen (secondary N) is 3. The Hall–Kier alpha value is -3.31. The molecule has 11 heteroatoms. The highest BCUT2D eigenvalue weighted by atomic mass is 32.1. The van der Waals surface area contributed by atoms with E-state index in [1.165, 1.54) is 4.90 Å². The minimum absolute atomic E-state index is 0.00474. The molecule has 3 rings (SSSR count). The molecule has 10 nitrogen and oxygen atoms in total. The van der Waals surface area contributed by atoms with Crippen LogP contribution < -0.4 is 16.0 Å². The summed E-state index contributed by atoms with van der Waals surface area (Å²) >= 11 is 1.57. The summed E-state index contributed by atoms with van der Waals surface area (Å²) in [5.41, 5.74) is 4.07. The highest BCUT2D eigenvalue weighted by Crippen LogP contribution is 2.29. The second-order valence-electron chi connectivity index (χ2n) is 10.7. The zero-order chi connectivity index (χ0) is 28.0. The first-order valence-electron chi connectivity index (χ1n) is 12.7. The summed E-state index contributed by atoms with van der Waals surface area (Å²) in [7, 11) is 0. The molecule has 0 bridgehead atoms. The molecule has 38 heavy (non-hydrogen) atoms. The maximum Gasteiger partial charge on any atom is 0.315 e. The van der Waals surface area contributed by atoms with E-state index in [0.717, 1.165) is 21.7 Å². The van der Waals surface area contributed by atoms with Crippen LogP contribution in [0, 0.1) is 12.3 Å². The van der Waals surface area contributed by atoms with Crippen LogP contribution in [0.25, 0.3) is 10.4 Å². The fourth-order valence-corrected chi connectivity index (χ4v) is 5.25. The number of amides is 4.